The van der Waals surface area contributed by atoms with E-state index in [2.05, 4.69) is 38.8 Å². The fourth-order valence-electron chi connectivity index (χ4n) is 3.97. The van der Waals surface area contributed by atoms with Crippen LogP contribution in [0.3, 0.4) is 0 Å². The molecule has 5 atom stereocenters. The highest BCUT2D eigenvalue weighted by Crippen LogP contribution is 2.39. The summed E-state index contributed by atoms with van der Waals surface area (Å²) in [6, 6.07) is 7.95. The lowest BCUT2D eigenvalue weighted by atomic mass is 9.96. The van der Waals surface area contributed by atoms with Gasteiger partial charge in [-0.05, 0) is 88.2 Å². The summed E-state index contributed by atoms with van der Waals surface area (Å²) in [5.74, 6) is 0.691. The monoisotopic (exact) mass is 532 g/mol. The molecule has 0 unspecified atom stereocenters. The van der Waals surface area contributed by atoms with Crippen molar-refractivity contribution in [1.82, 2.24) is 0 Å². The van der Waals surface area contributed by atoms with Crippen molar-refractivity contribution in [2.24, 2.45) is 5.92 Å². The molecule has 29 heavy (non-hydrogen) atoms. The number of hydrogen-bond acceptors (Lipinski definition) is 5. The predicted molar refractivity (Wildman–Crippen MR) is 119 cm³/mol. The van der Waals surface area contributed by atoms with E-state index in [1.54, 1.807) is 7.11 Å². The summed E-state index contributed by atoms with van der Waals surface area (Å²) in [6.45, 7) is 7.38. The normalized spacial score (nSPS) is 31.0. The van der Waals surface area contributed by atoms with Crippen LogP contribution in [0.2, 0.25) is 0 Å². The van der Waals surface area contributed by atoms with Crippen LogP contribution in [0.25, 0.3) is 0 Å². The van der Waals surface area contributed by atoms with E-state index in [1.807, 2.05) is 44.2 Å². The molecule has 2 heterocycles. The first-order valence-electron chi connectivity index (χ1n) is 10.0. The van der Waals surface area contributed by atoms with Gasteiger partial charge in [-0.2, -0.15) is 0 Å². The zero-order valence-corrected chi connectivity index (χ0v) is 20.6. The van der Waals surface area contributed by atoms with E-state index < -0.39 is 5.79 Å². The number of halogens is 2. The smallest absolute Gasteiger partial charge is 0.164 e. The summed E-state index contributed by atoms with van der Waals surface area (Å²) in [6.07, 6.45) is 3.71. The molecule has 2 saturated heterocycles. The molecule has 0 saturated carbocycles. The lowest BCUT2D eigenvalue weighted by Crippen LogP contribution is -2.35. The Kier molecular flexibility index (Phi) is 8.21. The van der Waals surface area contributed by atoms with Gasteiger partial charge in [0, 0.05) is 6.61 Å². The van der Waals surface area contributed by atoms with Gasteiger partial charge in [-0.3, -0.25) is 0 Å². The fraction of sp³-hybridized carbons (Fsp3) is 0.636. The van der Waals surface area contributed by atoms with Gasteiger partial charge in [0.15, 0.2) is 5.79 Å². The number of methoxy groups -OCH3 is 1. The first-order valence-corrected chi connectivity index (χ1v) is 11.6. The highest BCUT2D eigenvalue weighted by atomic mass is 79.9. The van der Waals surface area contributed by atoms with Gasteiger partial charge in [0.1, 0.15) is 18.0 Å². The first-order chi connectivity index (χ1) is 13.8. The molecule has 2 aliphatic heterocycles. The topological polar surface area (TPSA) is 46.2 Å². The van der Waals surface area contributed by atoms with E-state index in [9.17, 15) is 0 Å². The molecule has 3 rings (SSSR count). The van der Waals surface area contributed by atoms with Crippen LogP contribution >= 0.6 is 31.9 Å². The molecule has 0 amide bonds. The van der Waals surface area contributed by atoms with E-state index in [-0.39, 0.29) is 24.4 Å². The van der Waals surface area contributed by atoms with Crippen LogP contribution in [0.5, 0.6) is 5.75 Å². The molecule has 0 N–H and O–H groups in total. The highest BCUT2D eigenvalue weighted by Gasteiger charge is 2.48. The minimum atomic E-state index is -0.618. The average molecular weight is 534 g/mol. The number of ether oxygens (including phenoxy) is 5. The Morgan fingerprint density at radius 3 is 2.59 bits per heavy atom. The van der Waals surface area contributed by atoms with Crippen LogP contribution in [-0.4, -0.2) is 43.9 Å². The zero-order chi connectivity index (χ0) is 21.0. The zero-order valence-electron chi connectivity index (χ0n) is 17.4. The molecule has 2 fully saturated rings. The lowest BCUT2D eigenvalue weighted by Gasteiger charge is -2.22. The second-order valence-corrected chi connectivity index (χ2v) is 10.9. The van der Waals surface area contributed by atoms with Crippen molar-refractivity contribution in [3.8, 4) is 5.75 Å². The third-order valence-electron chi connectivity index (χ3n) is 5.38. The molecule has 0 spiro atoms. The Morgan fingerprint density at radius 2 is 1.93 bits per heavy atom. The maximum absolute atomic E-state index is 6.38. The minimum absolute atomic E-state index is 0.0129. The fourth-order valence-corrected chi connectivity index (χ4v) is 4.49. The highest BCUT2D eigenvalue weighted by molar-refractivity contribution is 9.28. The molecular weight excluding hydrogens is 504 g/mol. The first kappa shape index (κ1) is 23.2. The standard InChI is InChI=1S/C22H30Br2O5/c1-14-11-18(21-19(12-20(23)24)28-22(2,3)29-21)27-17(14)9-10-26-13-15-5-7-16(25-4)8-6-15/h5-8,12,14,17-19,21H,9-11,13H2,1-4H3/t14-,17+,18-,19-,21+/m1/s1. The van der Waals surface area contributed by atoms with Crippen LogP contribution < -0.4 is 4.74 Å². The maximum atomic E-state index is 6.38. The van der Waals surface area contributed by atoms with Crippen molar-refractivity contribution < 1.29 is 23.7 Å². The summed E-state index contributed by atoms with van der Waals surface area (Å²) >= 11 is 6.86. The minimum Gasteiger partial charge on any atom is -0.497 e. The lowest BCUT2D eigenvalue weighted by molar-refractivity contribution is -0.157. The van der Waals surface area contributed by atoms with Gasteiger partial charge < -0.3 is 23.7 Å². The van der Waals surface area contributed by atoms with E-state index in [1.165, 1.54) is 0 Å². The van der Waals surface area contributed by atoms with Crippen molar-refractivity contribution in [3.05, 3.63) is 39.3 Å². The quantitative estimate of drug-likeness (QED) is 0.410. The Bertz CT molecular complexity index is 687. The van der Waals surface area contributed by atoms with Crippen molar-refractivity contribution in [3.63, 3.8) is 0 Å². The van der Waals surface area contributed by atoms with Crippen LogP contribution in [-0.2, 0) is 25.6 Å². The van der Waals surface area contributed by atoms with Gasteiger partial charge in [0.2, 0.25) is 0 Å². The summed E-state index contributed by atoms with van der Waals surface area (Å²) < 4.78 is 30.5. The molecule has 0 aromatic heterocycles. The van der Waals surface area contributed by atoms with Gasteiger partial charge in [0.25, 0.3) is 0 Å². The van der Waals surface area contributed by atoms with Crippen molar-refractivity contribution in [2.75, 3.05) is 13.7 Å². The van der Waals surface area contributed by atoms with Crippen LogP contribution in [0.4, 0.5) is 0 Å². The molecule has 1 aromatic rings. The van der Waals surface area contributed by atoms with Crippen molar-refractivity contribution in [2.45, 2.75) is 70.4 Å². The van der Waals surface area contributed by atoms with Crippen LogP contribution in [0.15, 0.2) is 33.7 Å². The van der Waals surface area contributed by atoms with Crippen LogP contribution in [0, 0.1) is 5.92 Å². The molecule has 0 aliphatic carbocycles. The average Bonchev–Trinajstić information content (AvgIpc) is 3.17. The van der Waals surface area contributed by atoms with Crippen molar-refractivity contribution in [1.29, 1.82) is 0 Å². The van der Waals surface area contributed by atoms with E-state index in [0.717, 1.165) is 27.5 Å². The molecule has 2 aliphatic rings. The van der Waals surface area contributed by atoms with E-state index in [4.69, 9.17) is 23.7 Å². The molecule has 1 aromatic carbocycles. The summed E-state index contributed by atoms with van der Waals surface area (Å²) in [5.41, 5.74) is 1.14. The van der Waals surface area contributed by atoms with Crippen LogP contribution in [0.1, 0.15) is 39.2 Å². The Hall–Kier alpha value is -0.440. The maximum Gasteiger partial charge on any atom is 0.164 e. The van der Waals surface area contributed by atoms with E-state index >= 15 is 0 Å². The summed E-state index contributed by atoms with van der Waals surface area (Å²) in [5, 5.41) is 0. The molecule has 0 bridgehead atoms. The summed E-state index contributed by atoms with van der Waals surface area (Å²) in [4.78, 5) is 0. The molecule has 162 valence electrons. The predicted octanol–water partition coefficient (Wildman–Crippen LogP) is 5.55. The Labute approximate surface area is 190 Å². The summed E-state index contributed by atoms with van der Waals surface area (Å²) in [7, 11) is 1.67. The number of benzene rings is 1. The molecule has 0 radical (unpaired) electrons. The third kappa shape index (κ3) is 6.52. The van der Waals surface area contributed by atoms with Crippen molar-refractivity contribution >= 4 is 31.9 Å². The number of rotatable bonds is 8. The van der Waals surface area contributed by atoms with Gasteiger partial charge >= 0.3 is 0 Å². The van der Waals surface area contributed by atoms with Gasteiger partial charge in [-0.25, -0.2) is 0 Å². The largest absolute Gasteiger partial charge is 0.497 e. The molecule has 7 heteroatoms. The molecule has 5 nitrogen and oxygen atoms in total. The van der Waals surface area contributed by atoms with Gasteiger partial charge in [0.05, 0.1) is 29.3 Å². The third-order valence-corrected chi connectivity index (χ3v) is 5.91. The molecular formula is C22H30Br2O5. The Balaban J connectivity index is 1.48. The van der Waals surface area contributed by atoms with Gasteiger partial charge in [-0.15, -0.1) is 0 Å². The second-order valence-electron chi connectivity index (χ2n) is 8.14. The second kappa shape index (κ2) is 10.2. The Morgan fingerprint density at radius 1 is 1.21 bits per heavy atom. The van der Waals surface area contributed by atoms with Gasteiger partial charge in [-0.1, -0.05) is 19.1 Å². The SMILES string of the molecule is COc1ccc(COCC[C@@H]2O[C@@H]([C@@H]3OC(C)(C)O[C@@H]3C=C(Br)Br)C[C@H]2C)cc1. The number of hydrogen-bond donors (Lipinski definition) is 0. The van der Waals surface area contributed by atoms with E-state index in [0.29, 0.717) is 19.1 Å².